The summed E-state index contributed by atoms with van der Waals surface area (Å²) >= 11 is 1.20. The van der Waals surface area contributed by atoms with Gasteiger partial charge >= 0.3 is 6.18 Å². The Morgan fingerprint density at radius 3 is 2.59 bits per heavy atom. The van der Waals surface area contributed by atoms with E-state index in [-0.39, 0.29) is 18.8 Å². The molecule has 0 radical (unpaired) electrons. The predicted octanol–water partition coefficient (Wildman–Crippen LogP) is 2.78. The van der Waals surface area contributed by atoms with Crippen LogP contribution in [-0.2, 0) is 11.2 Å². The molecule has 96 valence electrons. The number of Topliss-reactive ketones (excluding diaryl/α,β-unsaturated/α-hetero) is 1. The summed E-state index contributed by atoms with van der Waals surface area (Å²) in [4.78, 5) is 15.8. The predicted molar refractivity (Wildman–Crippen MR) is 57.4 cm³/mol. The molecule has 0 aliphatic carbocycles. The third-order valence-corrected chi connectivity index (χ3v) is 3.20. The van der Waals surface area contributed by atoms with Gasteiger partial charge in [-0.15, -0.1) is 11.3 Å². The van der Waals surface area contributed by atoms with Crippen LogP contribution in [0.25, 0.3) is 0 Å². The van der Waals surface area contributed by atoms with Gasteiger partial charge in [-0.3, -0.25) is 4.79 Å². The van der Waals surface area contributed by atoms with Gasteiger partial charge in [-0.2, -0.15) is 13.2 Å². The second kappa shape index (κ2) is 5.59. The average molecular weight is 267 g/mol. The number of aryl methyl sites for hydroxylation is 1. The highest BCUT2D eigenvalue weighted by molar-refractivity contribution is 7.13. The van der Waals surface area contributed by atoms with Crippen LogP contribution < -0.4 is 0 Å². The first kappa shape index (κ1) is 14.1. The Bertz CT molecular complexity index is 401. The van der Waals surface area contributed by atoms with Crippen LogP contribution in [0.4, 0.5) is 13.2 Å². The number of carbonyl (C=O) groups is 1. The summed E-state index contributed by atoms with van der Waals surface area (Å²) in [6, 6.07) is 0. The van der Waals surface area contributed by atoms with Crippen LogP contribution in [0.5, 0.6) is 0 Å². The maximum Gasteiger partial charge on any atom is 0.411 e. The number of halogens is 3. The largest absolute Gasteiger partial charge is 0.411 e. The van der Waals surface area contributed by atoms with E-state index in [1.807, 2.05) is 0 Å². The van der Waals surface area contributed by atoms with E-state index in [0.717, 1.165) is 0 Å². The van der Waals surface area contributed by atoms with Gasteiger partial charge in [0.05, 0.1) is 22.2 Å². The Labute approximate surface area is 101 Å². The number of rotatable bonds is 5. The van der Waals surface area contributed by atoms with Gasteiger partial charge in [-0.05, 0) is 6.92 Å². The highest BCUT2D eigenvalue weighted by atomic mass is 32.1. The van der Waals surface area contributed by atoms with Crippen molar-refractivity contribution in [3.63, 3.8) is 0 Å². The van der Waals surface area contributed by atoms with Gasteiger partial charge in [0.2, 0.25) is 0 Å². The Kier molecular flexibility index (Phi) is 4.64. The number of carbonyl (C=O) groups excluding carboxylic acids is 1. The van der Waals surface area contributed by atoms with E-state index in [0.29, 0.717) is 15.6 Å². The number of hydrogen-bond acceptors (Lipinski definition) is 4. The molecule has 0 N–H and O–H groups in total. The van der Waals surface area contributed by atoms with Crippen LogP contribution in [0.1, 0.15) is 27.3 Å². The van der Waals surface area contributed by atoms with E-state index in [1.54, 1.807) is 6.92 Å². The topological polar surface area (TPSA) is 39.2 Å². The molecular weight excluding hydrogens is 255 g/mol. The van der Waals surface area contributed by atoms with Crippen LogP contribution in [0, 0.1) is 6.92 Å². The van der Waals surface area contributed by atoms with Crippen LogP contribution >= 0.6 is 11.3 Å². The van der Waals surface area contributed by atoms with Crippen LogP contribution in [0.15, 0.2) is 0 Å². The quantitative estimate of drug-likeness (QED) is 0.608. The fourth-order valence-corrected chi connectivity index (χ4v) is 2.17. The SMILES string of the molecule is CC(=O)c1sc(CCOCC(F)(F)F)nc1C. The zero-order valence-corrected chi connectivity index (χ0v) is 10.2. The molecule has 0 aliphatic heterocycles. The lowest BCUT2D eigenvalue weighted by Crippen LogP contribution is -2.17. The molecule has 0 aromatic carbocycles. The minimum Gasteiger partial charge on any atom is -0.372 e. The second-order valence-electron chi connectivity index (χ2n) is 3.50. The first-order valence-electron chi connectivity index (χ1n) is 4.91. The lowest BCUT2D eigenvalue weighted by molar-refractivity contribution is -0.173. The number of thiazole rings is 1. The summed E-state index contributed by atoms with van der Waals surface area (Å²) in [7, 11) is 0. The van der Waals surface area contributed by atoms with Crippen molar-refractivity contribution in [3.8, 4) is 0 Å². The molecule has 0 fully saturated rings. The van der Waals surface area contributed by atoms with Gasteiger partial charge in [0.1, 0.15) is 6.61 Å². The number of aromatic nitrogens is 1. The molecule has 0 amide bonds. The highest BCUT2D eigenvalue weighted by Gasteiger charge is 2.27. The van der Waals surface area contributed by atoms with Crippen molar-refractivity contribution in [1.82, 2.24) is 4.98 Å². The number of nitrogens with zero attached hydrogens (tertiary/aromatic N) is 1. The van der Waals surface area contributed by atoms with Crippen LogP contribution in [0.3, 0.4) is 0 Å². The molecule has 1 rings (SSSR count). The molecule has 0 bridgehead atoms. The summed E-state index contributed by atoms with van der Waals surface area (Å²) in [6.07, 6.45) is -4.02. The minimum atomic E-state index is -4.30. The Morgan fingerprint density at radius 2 is 2.12 bits per heavy atom. The van der Waals surface area contributed by atoms with Crippen molar-refractivity contribution in [2.24, 2.45) is 0 Å². The van der Waals surface area contributed by atoms with Crippen molar-refractivity contribution in [1.29, 1.82) is 0 Å². The lowest BCUT2D eigenvalue weighted by atomic mass is 10.3. The lowest BCUT2D eigenvalue weighted by Gasteiger charge is -2.05. The van der Waals surface area contributed by atoms with Gasteiger partial charge in [0.25, 0.3) is 0 Å². The van der Waals surface area contributed by atoms with Gasteiger partial charge < -0.3 is 4.74 Å². The van der Waals surface area contributed by atoms with E-state index in [1.165, 1.54) is 18.3 Å². The molecule has 0 spiro atoms. The zero-order chi connectivity index (χ0) is 13.1. The van der Waals surface area contributed by atoms with E-state index in [4.69, 9.17) is 0 Å². The maximum absolute atomic E-state index is 11.8. The van der Waals surface area contributed by atoms with Gasteiger partial charge in [0, 0.05) is 13.3 Å². The smallest absolute Gasteiger partial charge is 0.372 e. The average Bonchev–Trinajstić information content (AvgIpc) is 2.53. The zero-order valence-electron chi connectivity index (χ0n) is 9.43. The van der Waals surface area contributed by atoms with Gasteiger partial charge in [-0.1, -0.05) is 0 Å². The number of ketones is 1. The fraction of sp³-hybridized carbons (Fsp3) is 0.600. The van der Waals surface area contributed by atoms with Crippen molar-refractivity contribution in [3.05, 3.63) is 15.6 Å². The first-order valence-corrected chi connectivity index (χ1v) is 5.73. The van der Waals surface area contributed by atoms with Crippen molar-refractivity contribution in [2.45, 2.75) is 26.4 Å². The highest BCUT2D eigenvalue weighted by Crippen LogP contribution is 2.19. The third-order valence-electron chi connectivity index (χ3n) is 1.89. The number of ether oxygens (including phenoxy) is 1. The van der Waals surface area contributed by atoms with Crippen molar-refractivity contribution < 1.29 is 22.7 Å². The van der Waals surface area contributed by atoms with E-state index >= 15 is 0 Å². The van der Waals surface area contributed by atoms with Crippen molar-refractivity contribution >= 4 is 17.1 Å². The second-order valence-corrected chi connectivity index (χ2v) is 4.58. The summed E-state index contributed by atoms with van der Waals surface area (Å²) in [5.74, 6) is -0.0811. The summed E-state index contributed by atoms with van der Waals surface area (Å²) < 4.78 is 39.8. The fourth-order valence-electron chi connectivity index (χ4n) is 1.23. The normalized spacial score (nSPS) is 11.8. The molecule has 1 aromatic rings. The van der Waals surface area contributed by atoms with E-state index in [9.17, 15) is 18.0 Å². The molecule has 1 heterocycles. The molecule has 0 saturated heterocycles. The summed E-state index contributed by atoms with van der Waals surface area (Å²) in [5.41, 5.74) is 0.619. The monoisotopic (exact) mass is 267 g/mol. The van der Waals surface area contributed by atoms with Gasteiger partial charge in [-0.25, -0.2) is 4.98 Å². The van der Waals surface area contributed by atoms with E-state index < -0.39 is 12.8 Å². The van der Waals surface area contributed by atoms with Crippen LogP contribution in [-0.4, -0.2) is 30.2 Å². The molecule has 0 atom stereocenters. The standard InChI is InChI=1S/C10H12F3NO2S/c1-6-9(7(2)15)17-8(14-6)3-4-16-5-10(11,12)13/h3-5H2,1-2H3. The molecule has 1 aromatic heterocycles. The van der Waals surface area contributed by atoms with Crippen LogP contribution in [0.2, 0.25) is 0 Å². The third kappa shape index (κ3) is 4.82. The molecular formula is C10H12F3NO2S. The Morgan fingerprint density at radius 1 is 1.47 bits per heavy atom. The Balaban J connectivity index is 2.43. The van der Waals surface area contributed by atoms with E-state index in [2.05, 4.69) is 9.72 Å². The van der Waals surface area contributed by atoms with Crippen molar-refractivity contribution in [2.75, 3.05) is 13.2 Å². The Hall–Kier alpha value is -0.950. The number of alkyl halides is 3. The molecule has 0 saturated carbocycles. The van der Waals surface area contributed by atoms with Gasteiger partial charge in [0.15, 0.2) is 5.78 Å². The minimum absolute atomic E-state index is 0.0518. The summed E-state index contributed by atoms with van der Waals surface area (Å²) in [6.45, 7) is 1.83. The number of hydrogen-bond donors (Lipinski definition) is 0. The molecule has 3 nitrogen and oxygen atoms in total. The molecule has 17 heavy (non-hydrogen) atoms. The maximum atomic E-state index is 11.8. The molecule has 0 aliphatic rings. The first-order chi connectivity index (χ1) is 7.79. The molecule has 0 unspecified atom stereocenters. The summed E-state index contributed by atoms with van der Waals surface area (Å²) in [5, 5.41) is 0.620. The molecule has 7 heteroatoms.